The van der Waals surface area contributed by atoms with Crippen LogP contribution in [0.5, 0.6) is 0 Å². The molecular weight excluding hydrogens is 454 g/mol. The van der Waals surface area contributed by atoms with Crippen molar-refractivity contribution in [2.45, 2.75) is 66.3 Å². The molecule has 1 N–H and O–H groups in total. The van der Waals surface area contributed by atoms with Gasteiger partial charge in [0.05, 0.1) is 5.69 Å². The Morgan fingerprint density at radius 2 is 1.76 bits per heavy atom. The van der Waals surface area contributed by atoms with Crippen LogP contribution in [0.25, 0.3) is 22.3 Å². The Balaban J connectivity index is 1.45. The van der Waals surface area contributed by atoms with Crippen molar-refractivity contribution in [3.8, 4) is 11.4 Å². The van der Waals surface area contributed by atoms with E-state index in [1.165, 1.54) is 51.9 Å². The number of anilines is 2. The number of hydrogen-bond donors (Lipinski definition) is 1. The minimum absolute atomic E-state index is 0.521. The second kappa shape index (κ2) is 9.51. The Morgan fingerprint density at radius 1 is 0.946 bits per heavy atom. The Morgan fingerprint density at radius 3 is 2.54 bits per heavy atom. The van der Waals surface area contributed by atoms with Crippen LogP contribution >= 0.6 is 0 Å². The maximum absolute atomic E-state index is 5.35. The SMILES string of the molecule is Cc1ccc(C(C)C)cc1N1CCc2nc(-c3cccc4[nH]cc(C)c34)nc(N3CCC(C)CC3)c2C1. The van der Waals surface area contributed by atoms with Gasteiger partial charge in [0, 0.05) is 66.5 Å². The number of aromatic amines is 1. The lowest BCUT2D eigenvalue weighted by atomic mass is 9.96. The molecule has 4 aromatic rings. The molecule has 2 aromatic heterocycles. The van der Waals surface area contributed by atoms with Crippen LogP contribution in [0.4, 0.5) is 11.5 Å². The lowest BCUT2D eigenvalue weighted by Crippen LogP contribution is -2.38. The summed E-state index contributed by atoms with van der Waals surface area (Å²) in [5.41, 5.74) is 10.2. The number of benzene rings is 2. The van der Waals surface area contributed by atoms with E-state index in [0.717, 1.165) is 61.2 Å². The van der Waals surface area contributed by atoms with Gasteiger partial charge in [-0.3, -0.25) is 0 Å². The standard InChI is InChI=1S/C32H39N5/c1-20(2)24-10-9-22(4)29(17-24)37-16-13-27-26(19-37)32(36-14-11-21(3)12-15-36)35-31(34-27)25-7-6-8-28-30(25)23(5)18-33-28/h6-10,17-18,20-21,33H,11-16,19H2,1-5H3. The number of hydrogen-bond acceptors (Lipinski definition) is 4. The van der Waals surface area contributed by atoms with Crippen LogP contribution in [0.15, 0.2) is 42.6 Å². The van der Waals surface area contributed by atoms with E-state index in [1.54, 1.807) is 0 Å². The minimum atomic E-state index is 0.521. The molecule has 0 radical (unpaired) electrons. The molecule has 0 bridgehead atoms. The smallest absolute Gasteiger partial charge is 0.162 e. The van der Waals surface area contributed by atoms with E-state index in [-0.39, 0.29) is 0 Å². The van der Waals surface area contributed by atoms with Crippen LogP contribution in [0.2, 0.25) is 0 Å². The maximum atomic E-state index is 5.35. The third kappa shape index (κ3) is 4.39. The lowest BCUT2D eigenvalue weighted by molar-refractivity contribution is 0.435. The van der Waals surface area contributed by atoms with Gasteiger partial charge in [0.1, 0.15) is 5.82 Å². The zero-order valence-electron chi connectivity index (χ0n) is 22.9. The molecule has 1 fully saturated rings. The average Bonchev–Trinajstić information content (AvgIpc) is 3.29. The number of aromatic nitrogens is 3. The first-order valence-electron chi connectivity index (χ1n) is 14.0. The normalized spacial score (nSPS) is 16.6. The van der Waals surface area contributed by atoms with Crippen LogP contribution in [-0.2, 0) is 13.0 Å². The molecule has 192 valence electrons. The molecule has 0 spiro atoms. The van der Waals surface area contributed by atoms with Gasteiger partial charge in [-0.25, -0.2) is 9.97 Å². The Kier molecular flexibility index (Phi) is 6.18. The molecule has 0 amide bonds. The summed E-state index contributed by atoms with van der Waals surface area (Å²) in [5.74, 6) is 3.32. The fourth-order valence-electron chi connectivity index (χ4n) is 6.07. The summed E-state index contributed by atoms with van der Waals surface area (Å²) in [6, 6.07) is 13.4. The second-order valence-electron chi connectivity index (χ2n) is 11.5. The first-order valence-corrected chi connectivity index (χ1v) is 14.0. The molecule has 0 saturated carbocycles. The molecule has 0 aliphatic carbocycles. The van der Waals surface area contributed by atoms with E-state index in [9.17, 15) is 0 Å². The molecule has 2 aromatic carbocycles. The summed E-state index contributed by atoms with van der Waals surface area (Å²) >= 11 is 0. The molecule has 4 heterocycles. The van der Waals surface area contributed by atoms with Gasteiger partial charge < -0.3 is 14.8 Å². The minimum Gasteiger partial charge on any atom is -0.366 e. The second-order valence-corrected chi connectivity index (χ2v) is 11.5. The Labute approximate surface area is 220 Å². The number of aryl methyl sites for hydroxylation is 2. The number of rotatable bonds is 4. The first-order chi connectivity index (χ1) is 17.9. The molecule has 5 heteroatoms. The molecule has 0 atom stereocenters. The van der Waals surface area contributed by atoms with Crippen molar-refractivity contribution in [1.82, 2.24) is 15.0 Å². The summed E-state index contributed by atoms with van der Waals surface area (Å²) in [6.45, 7) is 15.3. The van der Waals surface area contributed by atoms with E-state index >= 15 is 0 Å². The van der Waals surface area contributed by atoms with Gasteiger partial charge in [-0.15, -0.1) is 0 Å². The van der Waals surface area contributed by atoms with E-state index in [2.05, 4.69) is 92.0 Å². The number of nitrogens with zero attached hydrogens (tertiary/aromatic N) is 4. The highest BCUT2D eigenvalue weighted by molar-refractivity contribution is 5.96. The van der Waals surface area contributed by atoms with Gasteiger partial charge in [-0.2, -0.15) is 0 Å². The zero-order valence-corrected chi connectivity index (χ0v) is 22.9. The molecule has 6 rings (SSSR count). The molecular formula is C32H39N5. The number of fused-ring (bicyclic) bond motifs is 2. The fourth-order valence-corrected chi connectivity index (χ4v) is 6.07. The van der Waals surface area contributed by atoms with Crippen LogP contribution in [0.1, 0.15) is 67.5 Å². The third-order valence-corrected chi connectivity index (χ3v) is 8.51. The zero-order chi connectivity index (χ0) is 25.7. The van der Waals surface area contributed by atoms with Crippen molar-refractivity contribution in [2.75, 3.05) is 29.4 Å². The first kappa shape index (κ1) is 24.0. The maximum Gasteiger partial charge on any atom is 0.162 e. The van der Waals surface area contributed by atoms with Gasteiger partial charge in [-0.1, -0.05) is 45.0 Å². The quantitative estimate of drug-likeness (QED) is 0.328. The molecule has 2 aliphatic rings. The summed E-state index contributed by atoms with van der Waals surface area (Å²) in [5, 5.41) is 1.24. The van der Waals surface area contributed by atoms with Crippen molar-refractivity contribution < 1.29 is 0 Å². The highest BCUT2D eigenvalue weighted by Gasteiger charge is 2.28. The van der Waals surface area contributed by atoms with Crippen molar-refractivity contribution in [1.29, 1.82) is 0 Å². The van der Waals surface area contributed by atoms with E-state index < -0.39 is 0 Å². The highest BCUT2D eigenvalue weighted by Crippen LogP contribution is 2.37. The number of H-pyrrole nitrogens is 1. The molecule has 0 unspecified atom stereocenters. The van der Waals surface area contributed by atoms with Gasteiger partial charge in [0.25, 0.3) is 0 Å². The van der Waals surface area contributed by atoms with Gasteiger partial charge >= 0.3 is 0 Å². The van der Waals surface area contributed by atoms with E-state index in [1.807, 2.05) is 0 Å². The lowest BCUT2D eigenvalue weighted by Gasteiger charge is -2.37. The molecule has 5 nitrogen and oxygen atoms in total. The molecule has 37 heavy (non-hydrogen) atoms. The Hall–Kier alpha value is -3.34. The summed E-state index contributed by atoms with van der Waals surface area (Å²) in [7, 11) is 0. The third-order valence-electron chi connectivity index (χ3n) is 8.51. The van der Waals surface area contributed by atoms with Crippen molar-refractivity contribution >= 4 is 22.4 Å². The van der Waals surface area contributed by atoms with Crippen LogP contribution in [0, 0.1) is 19.8 Å². The number of piperidine rings is 1. The van der Waals surface area contributed by atoms with Crippen molar-refractivity contribution in [3.63, 3.8) is 0 Å². The average molecular weight is 494 g/mol. The summed E-state index contributed by atoms with van der Waals surface area (Å²) < 4.78 is 0. The molecule has 2 aliphatic heterocycles. The number of nitrogens with one attached hydrogen (secondary N) is 1. The van der Waals surface area contributed by atoms with Gasteiger partial charge in [0.15, 0.2) is 5.82 Å². The van der Waals surface area contributed by atoms with Crippen molar-refractivity contribution in [3.05, 3.63) is 70.5 Å². The predicted octanol–water partition coefficient (Wildman–Crippen LogP) is 7.16. The topological polar surface area (TPSA) is 48.1 Å². The summed E-state index contributed by atoms with van der Waals surface area (Å²) in [4.78, 5) is 19.1. The predicted molar refractivity (Wildman–Crippen MR) is 155 cm³/mol. The van der Waals surface area contributed by atoms with Gasteiger partial charge in [-0.05, 0) is 67.3 Å². The van der Waals surface area contributed by atoms with Crippen LogP contribution in [0.3, 0.4) is 0 Å². The van der Waals surface area contributed by atoms with Crippen LogP contribution < -0.4 is 9.80 Å². The Bertz CT molecular complexity index is 1440. The van der Waals surface area contributed by atoms with Gasteiger partial charge in [0.2, 0.25) is 0 Å². The van der Waals surface area contributed by atoms with E-state index in [4.69, 9.17) is 9.97 Å². The molecule has 1 saturated heterocycles. The van der Waals surface area contributed by atoms with E-state index in [0.29, 0.717) is 5.92 Å². The monoisotopic (exact) mass is 493 g/mol. The van der Waals surface area contributed by atoms with Crippen LogP contribution in [-0.4, -0.2) is 34.6 Å². The largest absolute Gasteiger partial charge is 0.366 e. The summed E-state index contributed by atoms with van der Waals surface area (Å²) in [6.07, 6.45) is 5.47. The van der Waals surface area contributed by atoms with Crippen molar-refractivity contribution in [2.24, 2.45) is 5.92 Å². The fraction of sp³-hybridized carbons (Fsp3) is 0.438. The highest BCUT2D eigenvalue weighted by atomic mass is 15.2.